The highest BCUT2D eigenvalue weighted by atomic mass is 127. The first-order chi connectivity index (χ1) is 12.0. The predicted molar refractivity (Wildman–Crippen MR) is 105 cm³/mol. The van der Waals surface area contributed by atoms with Crippen molar-refractivity contribution in [2.75, 3.05) is 6.54 Å². The smallest absolute Gasteiger partial charge is 0.387 e. The van der Waals surface area contributed by atoms with Crippen LogP contribution in [0, 0.1) is 5.82 Å². The molecule has 0 amide bonds. The Morgan fingerprint density at radius 2 is 2.00 bits per heavy atom. The molecule has 0 spiro atoms. The van der Waals surface area contributed by atoms with E-state index in [2.05, 4.69) is 20.4 Å². The van der Waals surface area contributed by atoms with Gasteiger partial charge in [0.1, 0.15) is 11.6 Å². The highest BCUT2D eigenvalue weighted by Gasteiger charge is 2.20. The number of hydrogen-bond acceptors (Lipinski definition) is 3. The van der Waals surface area contributed by atoms with Crippen molar-refractivity contribution in [3.63, 3.8) is 0 Å². The lowest BCUT2D eigenvalue weighted by atomic mass is 9.93. The third kappa shape index (κ3) is 7.18. The molecule has 1 fully saturated rings. The number of halogens is 4. The Bertz CT molecular complexity index is 582. The molecule has 2 rings (SSSR count). The summed E-state index contributed by atoms with van der Waals surface area (Å²) in [6, 6.07) is 3.96. The van der Waals surface area contributed by atoms with E-state index >= 15 is 0 Å². The van der Waals surface area contributed by atoms with E-state index < -0.39 is 12.4 Å². The van der Waals surface area contributed by atoms with Crippen LogP contribution in [-0.4, -0.2) is 36.4 Å². The molecule has 148 valence electrons. The first kappa shape index (κ1) is 22.8. The molecular formula is C17H25F3IN3O2. The van der Waals surface area contributed by atoms with Crippen molar-refractivity contribution < 1.29 is 23.0 Å². The van der Waals surface area contributed by atoms with Crippen LogP contribution in [0.4, 0.5) is 13.2 Å². The zero-order valence-corrected chi connectivity index (χ0v) is 16.9. The van der Waals surface area contributed by atoms with E-state index in [0.717, 1.165) is 25.7 Å². The molecule has 0 bridgehead atoms. The molecule has 0 aromatic heterocycles. The summed E-state index contributed by atoms with van der Waals surface area (Å²) in [5.41, 5.74) is -0.0148. The van der Waals surface area contributed by atoms with Crippen LogP contribution in [0.5, 0.6) is 5.75 Å². The van der Waals surface area contributed by atoms with E-state index in [0.29, 0.717) is 12.5 Å². The van der Waals surface area contributed by atoms with Crippen molar-refractivity contribution in [3.05, 3.63) is 29.6 Å². The maximum absolute atomic E-state index is 14.0. The molecule has 0 aliphatic heterocycles. The van der Waals surface area contributed by atoms with Gasteiger partial charge in [-0.1, -0.05) is 6.07 Å². The Morgan fingerprint density at radius 1 is 1.31 bits per heavy atom. The van der Waals surface area contributed by atoms with Crippen molar-refractivity contribution >= 4 is 29.9 Å². The van der Waals surface area contributed by atoms with Crippen molar-refractivity contribution in [2.24, 2.45) is 4.99 Å². The number of aliphatic hydroxyl groups is 1. The van der Waals surface area contributed by atoms with Crippen molar-refractivity contribution in [1.29, 1.82) is 0 Å². The molecule has 5 nitrogen and oxygen atoms in total. The summed E-state index contributed by atoms with van der Waals surface area (Å²) in [6.07, 6.45) is 2.80. The summed E-state index contributed by atoms with van der Waals surface area (Å²) in [4.78, 5) is 4.29. The van der Waals surface area contributed by atoms with Crippen LogP contribution in [0.15, 0.2) is 23.2 Å². The number of nitrogens with one attached hydrogen (secondary N) is 2. The largest absolute Gasteiger partial charge is 0.434 e. The van der Waals surface area contributed by atoms with Crippen LogP contribution in [0.3, 0.4) is 0 Å². The maximum Gasteiger partial charge on any atom is 0.387 e. The van der Waals surface area contributed by atoms with Gasteiger partial charge in [0.25, 0.3) is 0 Å². The zero-order valence-electron chi connectivity index (χ0n) is 14.6. The van der Waals surface area contributed by atoms with Crippen LogP contribution in [0.2, 0.25) is 0 Å². The Hall–Kier alpha value is -1.23. The normalized spacial score (nSPS) is 20.5. The molecule has 26 heavy (non-hydrogen) atoms. The molecule has 0 saturated heterocycles. The molecule has 0 radical (unpaired) electrons. The zero-order chi connectivity index (χ0) is 18.2. The monoisotopic (exact) mass is 487 g/mol. The minimum Gasteiger partial charge on any atom is -0.434 e. The van der Waals surface area contributed by atoms with Gasteiger partial charge in [0.05, 0.1) is 18.2 Å². The van der Waals surface area contributed by atoms with E-state index in [-0.39, 0.29) is 54.0 Å². The SMILES string of the molecule is CCNC(=NCc1c(F)cccc1OC(F)F)NC1CCC(O)CC1.I. The predicted octanol–water partition coefficient (Wildman–Crippen LogP) is 3.40. The van der Waals surface area contributed by atoms with E-state index in [1.807, 2.05) is 6.92 Å². The molecule has 1 aliphatic rings. The van der Waals surface area contributed by atoms with Crippen LogP contribution < -0.4 is 15.4 Å². The fraction of sp³-hybridized carbons (Fsp3) is 0.588. The van der Waals surface area contributed by atoms with Gasteiger partial charge in [-0.25, -0.2) is 9.38 Å². The fourth-order valence-electron chi connectivity index (χ4n) is 2.79. The summed E-state index contributed by atoms with van der Waals surface area (Å²) in [5.74, 6) is -0.371. The molecule has 1 aromatic rings. The molecule has 0 unspecified atom stereocenters. The molecule has 3 N–H and O–H groups in total. The van der Waals surface area contributed by atoms with Gasteiger partial charge < -0.3 is 20.5 Å². The molecule has 0 atom stereocenters. The third-order valence-electron chi connectivity index (χ3n) is 4.07. The van der Waals surface area contributed by atoms with Gasteiger partial charge in [0, 0.05) is 12.6 Å². The van der Waals surface area contributed by atoms with E-state index in [1.54, 1.807) is 0 Å². The minimum atomic E-state index is -3.02. The van der Waals surface area contributed by atoms with Gasteiger partial charge >= 0.3 is 6.61 Å². The number of ether oxygens (including phenoxy) is 1. The lowest BCUT2D eigenvalue weighted by Gasteiger charge is -2.27. The molecule has 1 aromatic carbocycles. The average molecular weight is 487 g/mol. The highest BCUT2D eigenvalue weighted by molar-refractivity contribution is 14.0. The van der Waals surface area contributed by atoms with Gasteiger partial charge in [0.15, 0.2) is 5.96 Å². The van der Waals surface area contributed by atoms with Crippen LogP contribution in [-0.2, 0) is 6.54 Å². The molecule has 9 heteroatoms. The summed E-state index contributed by atoms with van der Waals surface area (Å²) in [7, 11) is 0. The number of benzene rings is 1. The first-order valence-corrected chi connectivity index (χ1v) is 8.44. The number of aliphatic imine (C=N–C) groups is 1. The summed E-state index contributed by atoms with van der Waals surface area (Å²) >= 11 is 0. The topological polar surface area (TPSA) is 65.9 Å². The second kappa shape index (κ2) is 11.5. The lowest BCUT2D eigenvalue weighted by Crippen LogP contribution is -2.45. The standard InChI is InChI=1S/C17H24F3N3O2.HI/c1-2-21-17(23-11-6-8-12(24)9-7-11)22-10-13-14(18)4-3-5-15(13)25-16(19)20;/h3-5,11-12,16,24H,2,6-10H2,1H3,(H2,21,22,23);1H. The van der Waals surface area contributed by atoms with E-state index in [1.165, 1.54) is 18.2 Å². The van der Waals surface area contributed by atoms with Crippen LogP contribution >= 0.6 is 24.0 Å². The van der Waals surface area contributed by atoms with E-state index in [4.69, 9.17) is 0 Å². The fourth-order valence-corrected chi connectivity index (χ4v) is 2.79. The summed E-state index contributed by atoms with van der Waals surface area (Å²) in [6.45, 7) is -0.640. The van der Waals surface area contributed by atoms with Crippen molar-refractivity contribution in [1.82, 2.24) is 10.6 Å². The number of nitrogens with zero attached hydrogens (tertiary/aromatic N) is 1. The number of rotatable bonds is 6. The van der Waals surface area contributed by atoms with Crippen molar-refractivity contribution in [2.45, 2.75) is 57.9 Å². The summed E-state index contributed by atoms with van der Waals surface area (Å²) < 4.78 is 43.3. The van der Waals surface area contributed by atoms with Crippen LogP contribution in [0.25, 0.3) is 0 Å². The maximum atomic E-state index is 14.0. The second-order valence-electron chi connectivity index (χ2n) is 5.94. The molecule has 1 aliphatic carbocycles. The molecule has 0 heterocycles. The lowest BCUT2D eigenvalue weighted by molar-refractivity contribution is -0.0506. The Balaban J connectivity index is 0.00000338. The van der Waals surface area contributed by atoms with E-state index in [9.17, 15) is 18.3 Å². The van der Waals surface area contributed by atoms with Gasteiger partial charge in [0.2, 0.25) is 0 Å². The van der Waals surface area contributed by atoms with Gasteiger partial charge in [-0.2, -0.15) is 8.78 Å². The highest BCUT2D eigenvalue weighted by Crippen LogP contribution is 2.24. The second-order valence-corrected chi connectivity index (χ2v) is 5.94. The number of aliphatic hydroxyl groups excluding tert-OH is 1. The first-order valence-electron chi connectivity index (χ1n) is 8.44. The third-order valence-corrected chi connectivity index (χ3v) is 4.07. The quantitative estimate of drug-likeness (QED) is 0.327. The van der Waals surface area contributed by atoms with Gasteiger partial charge in [-0.3, -0.25) is 0 Å². The average Bonchev–Trinajstić information content (AvgIpc) is 2.56. The number of hydrogen-bond donors (Lipinski definition) is 3. The Morgan fingerprint density at radius 3 is 2.62 bits per heavy atom. The molecule has 1 saturated carbocycles. The Labute approximate surface area is 168 Å². The minimum absolute atomic E-state index is 0. The molecular weight excluding hydrogens is 462 g/mol. The number of alkyl halides is 2. The van der Waals surface area contributed by atoms with Crippen LogP contribution in [0.1, 0.15) is 38.2 Å². The Kier molecular flexibility index (Phi) is 10.1. The number of guanidine groups is 1. The van der Waals surface area contributed by atoms with Gasteiger partial charge in [-0.05, 0) is 44.7 Å². The van der Waals surface area contributed by atoms with Crippen molar-refractivity contribution in [3.8, 4) is 5.75 Å². The van der Waals surface area contributed by atoms with Gasteiger partial charge in [-0.15, -0.1) is 24.0 Å². The summed E-state index contributed by atoms with van der Waals surface area (Å²) in [5, 5.41) is 15.9.